The summed E-state index contributed by atoms with van der Waals surface area (Å²) in [5.41, 5.74) is 0. The predicted molar refractivity (Wildman–Crippen MR) is 63.8 cm³/mol. The first-order chi connectivity index (χ1) is 7.93. The highest BCUT2D eigenvalue weighted by Gasteiger charge is 2.37. The van der Waals surface area contributed by atoms with Crippen molar-refractivity contribution in [1.29, 1.82) is 0 Å². The molecule has 2 heterocycles. The van der Waals surface area contributed by atoms with Gasteiger partial charge in [0.15, 0.2) is 0 Å². The lowest BCUT2D eigenvalue weighted by Crippen LogP contribution is -2.40. The second-order valence-corrected chi connectivity index (χ2v) is 7.18. The fraction of sp³-hybridized carbons (Fsp3) is 0.222. The van der Waals surface area contributed by atoms with Crippen molar-refractivity contribution in [2.45, 2.75) is 10.3 Å². The van der Waals surface area contributed by atoms with Gasteiger partial charge in [0, 0.05) is 6.54 Å². The largest absolute Gasteiger partial charge is 0.480 e. The number of carboxylic acids is 1. The Morgan fingerprint density at radius 1 is 1.53 bits per heavy atom. The molecule has 0 saturated carbocycles. The van der Waals surface area contributed by atoms with Crippen molar-refractivity contribution in [3.8, 4) is 0 Å². The number of thiophene rings is 1. The highest BCUT2D eigenvalue weighted by Crippen LogP contribution is 2.30. The number of carboxylic acid groups (broad SMARTS) is 1. The lowest BCUT2D eigenvalue weighted by molar-refractivity contribution is -0.139. The second-order valence-electron chi connectivity index (χ2n) is 3.34. The fourth-order valence-electron chi connectivity index (χ4n) is 1.51. The smallest absolute Gasteiger partial charge is 0.326 e. The molecule has 0 unspecified atom stereocenters. The van der Waals surface area contributed by atoms with Crippen LogP contribution in [0.5, 0.6) is 0 Å². The van der Waals surface area contributed by atoms with Crippen LogP contribution < -0.4 is 0 Å². The molecule has 0 fully saturated rings. The lowest BCUT2D eigenvalue weighted by Gasteiger charge is -2.19. The molecule has 0 amide bonds. The highest BCUT2D eigenvalue weighted by atomic mass is 35.5. The van der Waals surface area contributed by atoms with Crippen molar-refractivity contribution >= 4 is 38.9 Å². The Morgan fingerprint density at radius 3 is 2.76 bits per heavy atom. The predicted octanol–water partition coefficient (Wildman–Crippen LogP) is 1.42. The molecule has 0 spiro atoms. The molecule has 92 valence electrons. The maximum Gasteiger partial charge on any atom is 0.326 e. The van der Waals surface area contributed by atoms with Crippen molar-refractivity contribution in [2.75, 3.05) is 6.54 Å². The Hall–Kier alpha value is -0.890. The second kappa shape index (κ2) is 4.41. The molecular formula is C9H8ClNO4S2. The highest BCUT2D eigenvalue weighted by molar-refractivity contribution is 7.91. The van der Waals surface area contributed by atoms with Crippen molar-refractivity contribution in [1.82, 2.24) is 4.31 Å². The van der Waals surface area contributed by atoms with E-state index in [-0.39, 0.29) is 10.8 Å². The molecule has 1 aromatic heterocycles. The number of halogens is 1. The molecular weight excluding hydrogens is 286 g/mol. The van der Waals surface area contributed by atoms with Gasteiger partial charge in [0.1, 0.15) is 10.3 Å². The first-order valence-corrected chi connectivity index (χ1v) is 7.23. The Morgan fingerprint density at radius 2 is 2.24 bits per heavy atom. The zero-order chi connectivity index (χ0) is 12.6. The van der Waals surface area contributed by atoms with Crippen LogP contribution in [0.4, 0.5) is 0 Å². The zero-order valence-corrected chi connectivity index (χ0v) is 10.8. The molecule has 0 bridgehead atoms. The van der Waals surface area contributed by atoms with Gasteiger partial charge in [0.05, 0.1) is 4.34 Å². The summed E-state index contributed by atoms with van der Waals surface area (Å²) in [7, 11) is -3.79. The quantitative estimate of drug-likeness (QED) is 0.855. The van der Waals surface area contributed by atoms with Crippen molar-refractivity contribution < 1.29 is 18.3 Å². The van der Waals surface area contributed by atoms with Gasteiger partial charge in [-0.2, -0.15) is 4.31 Å². The van der Waals surface area contributed by atoms with E-state index in [1.807, 2.05) is 0 Å². The van der Waals surface area contributed by atoms with Crippen LogP contribution in [0.2, 0.25) is 4.34 Å². The van der Waals surface area contributed by atoms with Crippen LogP contribution in [0.15, 0.2) is 28.5 Å². The number of aliphatic carboxylic acids is 1. The van der Waals surface area contributed by atoms with Gasteiger partial charge >= 0.3 is 5.97 Å². The molecule has 1 atom stereocenters. The SMILES string of the molecule is O=C(O)[C@@H]1C=CCN1S(=O)(=O)c1ccc(Cl)s1. The minimum absolute atomic E-state index is 0.0532. The summed E-state index contributed by atoms with van der Waals surface area (Å²) in [6.45, 7) is 0.0643. The average molecular weight is 294 g/mol. The number of sulfonamides is 1. The van der Waals surface area contributed by atoms with E-state index in [4.69, 9.17) is 16.7 Å². The molecule has 0 saturated heterocycles. The molecule has 1 N–H and O–H groups in total. The molecule has 1 aliphatic rings. The minimum Gasteiger partial charge on any atom is -0.480 e. The van der Waals surface area contributed by atoms with E-state index in [1.54, 1.807) is 0 Å². The van der Waals surface area contributed by atoms with E-state index in [0.29, 0.717) is 4.34 Å². The van der Waals surface area contributed by atoms with Gasteiger partial charge in [-0.3, -0.25) is 4.79 Å². The first-order valence-electron chi connectivity index (χ1n) is 4.59. The van der Waals surface area contributed by atoms with E-state index < -0.39 is 22.0 Å². The van der Waals surface area contributed by atoms with E-state index in [0.717, 1.165) is 15.6 Å². The Labute approximate surface area is 107 Å². The van der Waals surface area contributed by atoms with Gasteiger partial charge in [-0.15, -0.1) is 11.3 Å². The van der Waals surface area contributed by atoms with Crippen LogP contribution >= 0.6 is 22.9 Å². The fourth-order valence-corrected chi connectivity index (χ4v) is 4.61. The van der Waals surface area contributed by atoms with Crippen LogP contribution in [0.3, 0.4) is 0 Å². The van der Waals surface area contributed by atoms with Crippen LogP contribution in [0.1, 0.15) is 0 Å². The van der Waals surface area contributed by atoms with E-state index in [2.05, 4.69) is 0 Å². The normalized spacial score (nSPS) is 20.9. The van der Waals surface area contributed by atoms with Gasteiger partial charge in [-0.1, -0.05) is 23.8 Å². The summed E-state index contributed by atoms with van der Waals surface area (Å²) < 4.78 is 25.6. The zero-order valence-electron chi connectivity index (χ0n) is 8.41. The van der Waals surface area contributed by atoms with Gasteiger partial charge in [-0.05, 0) is 12.1 Å². The van der Waals surface area contributed by atoms with Crippen molar-refractivity contribution in [3.05, 3.63) is 28.6 Å². The molecule has 8 heteroatoms. The summed E-state index contributed by atoms with van der Waals surface area (Å²) in [4.78, 5) is 10.9. The van der Waals surface area contributed by atoms with Gasteiger partial charge in [-0.25, -0.2) is 8.42 Å². The summed E-state index contributed by atoms with van der Waals surface area (Å²) in [5.74, 6) is -1.19. The van der Waals surface area contributed by atoms with E-state index in [9.17, 15) is 13.2 Å². The lowest BCUT2D eigenvalue weighted by atomic mass is 10.3. The van der Waals surface area contributed by atoms with E-state index in [1.165, 1.54) is 24.3 Å². The van der Waals surface area contributed by atoms with Gasteiger partial charge in [0.2, 0.25) is 0 Å². The third-order valence-electron chi connectivity index (χ3n) is 2.28. The molecule has 0 aliphatic carbocycles. The Bertz CT molecular complexity index is 578. The monoisotopic (exact) mass is 293 g/mol. The minimum atomic E-state index is -3.79. The molecule has 5 nitrogen and oxygen atoms in total. The summed E-state index contributed by atoms with van der Waals surface area (Å²) in [5, 5.41) is 8.92. The summed E-state index contributed by atoms with van der Waals surface area (Å²) in [6.07, 6.45) is 2.88. The number of nitrogens with zero attached hydrogens (tertiary/aromatic N) is 1. The first kappa shape index (κ1) is 12.6. The van der Waals surface area contributed by atoms with Crippen LogP contribution in [0.25, 0.3) is 0 Å². The molecule has 0 radical (unpaired) electrons. The third kappa shape index (κ3) is 2.23. The Kier molecular flexibility index (Phi) is 3.26. The Balaban J connectivity index is 2.37. The van der Waals surface area contributed by atoms with E-state index >= 15 is 0 Å². The van der Waals surface area contributed by atoms with Crippen LogP contribution in [-0.2, 0) is 14.8 Å². The van der Waals surface area contributed by atoms with Gasteiger partial charge in [0.25, 0.3) is 10.0 Å². The summed E-state index contributed by atoms with van der Waals surface area (Å²) >= 11 is 6.59. The maximum atomic E-state index is 12.1. The number of hydrogen-bond donors (Lipinski definition) is 1. The number of rotatable bonds is 3. The molecule has 1 aliphatic heterocycles. The van der Waals surface area contributed by atoms with Gasteiger partial charge < -0.3 is 5.11 Å². The number of hydrogen-bond acceptors (Lipinski definition) is 4. The standard InChI is InChI=1S/C9H8ClNO4S2/c10-7-3-4-8(16-7)17(14,15)11-5-1-2-6(11)9(12)13/h1-4,6H,5H2,(H,12,13)/t6-/m0/s1. The topological polar surface area (TPSA) is 74.7 Å². The third-order valence-corrected chi connectivity index (χ3v) is 5.82. The average Bonchev–Trinajstić information content (AvgIpc) is 2.84. The summed E-state index contributed by atoms with van der Waals surface area (Å²) in [6, 6.07) is 1.71. The molecule has 17 heavy (non-hydrogen) atoms. The number of carbonyl (C=O) groups is 1. The van der Waals surface area contributed by atoms with Crippen molar-refractivity contribution in [3.63, 3.8) is 0 Å². The molecule has 0 aromatic carbocycles. The van der Waals surface area contributed by atoms with Crippen LogP contribution in [-0.4, -0.2) is 36.4 Å². The van der Waals surface area contributed by atoms with Crippen molar-refractivity contribution in [2.24, 2.45) is 0 Å². The van der Waals surface area contributed by atoms with Crippen LogP contribution in [0, 0.1) is 0 Å². The molecule has 1 aromatic rings. The molecule has 2 rings (SSSR count). The maximum absolute atomic E-state index is 12.1.